The van der Waals surface area contributed by atoms with Crippen molar-refractivity contribution in [1.29, 1.82) is 0 Å². The molecule has 0 radical (unpaired) electrons. The lowest BCUT2D eigenvalue weighted by Gasteiger charge is -2.08. The molecule has 0 aliphatic carbocycles. The molecule has 5 heteroatoms. The Morgan fingerprint density at radius 1 is 1.21 bits per heavy atom. The van der Waals surface area contributed by atoms with Crippen molar-refractivity contribution in [1.82, 2.24) is 9.97 Å². The second kappa shape index (κ2) is 5.97. The van der Waals surface area contributed by atoms with Gasteiger partial charge in [-0.05, 0) is 55.1 Å². The van der Waals surface area contributed by atoms with E-state index in [0.717, 1.165) is 23.2 Å². The molecule has 2 rings (SSSR count). The molecular weight excluding hydrogens is 265 g/mol. The minimum atomic E-state index is -0.201. The van der Waals surface area contributed by atoms with Crippen molar-refractivity contribution in [2.24, 2.45) is 0 Å². The predicted octanol–water partition coefficient (Wildman–Crippen LogP) is 3.54. The van der Waals surface area contributed by atoms with E-state index in [1.54, 1.807) is 6.07 Å². The highest BCUT2D eigenvalue weighted by atomic mass is 35.5. The van der Waals surface area contributed by atoms with Crippen molar-refractivity contribution >= 4 is 17.4 Å². The van der Waals surface area contributed by atoms with Crippen molar-refractivity contribution in [3.05, 3.63) is 52.2 Å². The molecule has 3 nitrogen and oxygen atoms in total. The fourth-order valence-corrected chi connectivity index (χ4v) is 2.11. The van der Waals surface area contributed by atoms with Crippen molar-refractivity contribution in [2.45, 2.75) is 20.3 Å². The van der Waals surface area contributed by atoms with E-state index in [1.807, 2.05) is 26.0 Å². The van der Waals surface area contributed by atoms with Gasteiger partial charge >= 0.3 is 0 Å². The third-order valence-corrected chi connectivity index (χ3v) is 3.00. The van der Waals surface area contributed by atoms with Crippen LogP contribution in [-0.2, 0) is 6.42 Å². The first-order chi connectivity index (χ1) is 9.04. The third-order valence-electron chi connectivity index (χ3n) is 2.83. The number of aryl methyl sites for hydroxylation is 2. The first-order valence-corrected chi connectivity index (χ1v) is 6.42. The zero-order valence-corrected chi connectivity index (χ0v) is 11.6. The number of aromatic nitrogens is 2. The average molecular weight is 280 g/mol. The van der Waals surface area contributed by atoms with Gasteiger partial charge in [0.15, 0.2) is 0 Å². The Labute approximate surface area is 116 Å². The predicted molar refractivity (Wildman–Crippen MR) is 75.1 cm³/mol. The van der Waals surface area contributed by atoms with E-state index >= 15 is 0 Å². The van der Waals surface area contributed by atoms with Crippen LogP contribution in [0.3, 0.4) is 0 Å². The summed E-state index contributed by atoms with van der Waals surface area (Å²) in [5.41, 5.74) is 2.89. The van der Waals surface area contributed by atoms with E-state index in [1.165, 1.54) is 6.07 Å². The average Bonchev–Trinajstić information content (AvgIpc) is 2.30. The van der Waals surface area contributed by atoms with Crippen LogP contribution in [0.5, 0.6) is 0 Å². The Balaban J connectivity index is 1.96. The number of nitrogens with one attached hydrogen (secondary N) is 1. The molecule has 0 aliphatic heterocycles. The van der Waals surface area contributed by atoms with E-state index < -0.39 is 0 Å². The van der Waals surface area contributed by atoms with E-state index in [-0.39, 0.29) is 11.1 Å². The van der Waals surface area contributed by atoms with Crippen LogP contribution in [-0.4, -0.2) is 16.5 Å². The van der Waals surface area contributed by atoms with Crippen LogP contribution in [0.25, 0.3) is 0 Å². The zero-order chi connectivity index (χ0) is 13.8. The summed E-state index contributed by atoms with van der Waals surface area (Å²) in [7, 11) is 0. The lowest BCUT2D eigenvalue weighted by atomic mass is 10.1. The summed E-state index contributed by atoms with van der Waals surface area (Å²) in [6.45, 7) is 4.48. The van der Waals surface area contributed by atoms with Gasteiger partial charge in [-0.2, -0.15) is 0 Å². The Hall–Kier alpha value is -1.68. The molecular formula is C14H15ClFN3. The number of hydrogen-bond acceptors (Lipinski definition) is 3. The SMILES string of the molecule is Cc1cc(NCCc2ccc(F)cc2C)nc(Cl)n1. The molecule has 1 heterocycles. The van der Waals surface area contributed by atoms with Gasteiger partial charge in [-0.1, -0.05) is 6.07 Å². The summed E-state index contributed by atoms with van der Waals surface area (Å²) in [6.07, 6.45) is 0.798. The first kappa shape index (κ1) is 13.7. The third kappa shape index (κ3) is 3.89. The Morgan fingerprint density at radius 3 is 2.68 bits per heavy atom. The van der Waals surface area contributed by atoms with Crippen molar-refractivity contribution in [3.8, 4) is 0 Å². The van der Waals surface area contributed by atoms with E-state index in [4.69, 9.17) is 11.6 Å². The van der Waals surface area contributed by atoms with Crippen LogP contribution in [0.15, 0.2) is 24.3 Å². The highest BCUT2D eigenvalue weighted by Crippen LogP contribution is 2.12. The Morgan fingerprint density at radius 2 is 2.00 bits per heavy atom. The van der Waals surface area contributed by atoms with Crippen LogP contribution >= 0.6 is 11.6 Å². The molecule has 0 bridgehead atoms. The number of hydrogen-bond donors (Lipinski definition) is 1. The highest BCUT2D eigenvalue weighted by Gasteiger charge is 2.02. The summed E-state index contributed by atoms with van der Waals surface area (Å²) in [5, 5.41) is 3.42. The Bertz CT molecular complexity index is 567. The molecule has 0 amide bonds. The minimum Gasteiger partial charge on any atom is -0.370 e. The normalized spacial score (nSPS) is 10.5. The molecule has 1 aromatic carbocycles. The summed E-state index contributed by atoms with van der Waals surface area (Å²) in [6, 6.07) is 6.67. The monoisotopic (exact) mass is 279 g/mol. The first-order valence-electron chi connectivity index (χ1n) is 6.04. The maximum atomic E-state index is 13.0. The van der Waals surface area contributed by atoms with E-state index in [2.05, 4.69) is 15.3 Å². The molecule has 0 unspecified atom stereocenters. The highest BCUT2D eigenvalue weighted by molar-refractivity contribution is 6.28. The molecule has 0 aliphatic rings. The summed E-state index contributed by atoms with van der Waals surface area (Å²) in [4.78, 5) is 8.08. The minimum absolute atomic E-state index is 0.201. The van der Waals surface area contributed by atoms with Gasteiger partial charge in [0.25, 0.3) is 0 Å². The van der Waals surface area contributed by atoms with Gasteiger partial charge in [0.1, 0.15) is 11.6 Å². The summed E-state index contributed by atoms with van der Waals surface area (Å²) in [5.74, 6) is 0.504. The summed E-state index contributed by atoms with van der Waals surface area (Å²) >= 11 is 5.78. The molecule has 0 saturated carbocycles. The number of anilines is 1. The molecule has 100 valence electrons. The van der Waals surface area contributed by atoms with Gasteiger partial charge in [-0.25, -0.2) is 14.4 Å². The molecule has 0 spiro atoms. The molecule has 2 aromatic rings. The second-order valence-electron chi connectivity index (χ2n) is 4.41. The van der Waals surface area contributed by atoms with Crippen LogP contribution in [0.4, 0.5) is 10.2 Å². The molecule has 0 atom stereocenters. The standard InChI is InChI=1S/C14H15ClFN3/c1-9-7-12(16)4-3-11(9)5-6-17-13-8-10(2)18-14(15)19-13/h3-4,7-8H,5-6H2,1-2H3,(H,17,18,19). The maximum Gasteiger partial charge on any atom is 0.224 e. The van der Waals surface area contributed by atoms with Gasteiger partial charge in [0.05, 0.1) is 0 Å². The van der Waals surface area contributed by atoms with Gasteiger partial charge in [-0.3, -0.25) is 0 Å². The number of nitrogens with zero attached hydrogens (tertiary/aromatic N) is 2. The van der Waals surface area contributed by atoms with Crippen LogP contribution in [0, 0.1) is 19.7 Å². The van der Waals surface area contributed by atoms with E-state index in [0.29, 0.717) is 12.4 Å². The molecule has 1 aromatic heterocycles. The number of rotatable bonds is 4. The second-order valence-corrected chi connectivity index (χ2v) is 4.75. The molecule has 0 fully saturated rings. The smallest absolute Gasteiger partial charge is 0.224 e. The zero-order valence-electron chi connectivity index (χ0n) is 10.9. The lowest BCUT2D eigenvalue weighted by molar-refractivity contribution is 0.625. The van der Waals surface area contributed by atoms with Crippen LogP contribution in [0.2, 0.25) is 5.28 Å². The lowest BCUT2D eigenvalue weighted by Crippen LogP contribution is -2.08. The van der Waals surface area contributed by atoms with Crippen molar-refractivity contribution < 1.29 is 4.39 Å². The topological polar surface area (TPSA) is 37.8 Å². The largest absolute Gasteiger partial charge is 0.370 e. The molecule has 1 N–H and O–H groups in total. The Kier molecular flexibility index (Phi) is 4.32. The van der Waals surface area contributed by atoms with Gasteiger partial charge in [-0.15, -0.1) is 0 Å². The fraction of sp³-hybridized carbons (Fsp3) is 0.286. The number of benzene rings is 1. The van der Waals surface area contributed by atoms with Crippen LogP contribution in [0.1, 0.15) is 16.8 Å². The maximum absolute atomic E-state index is 13.0. The van der Waals surface area contributed by atoms with Crippen molar-refractivity contribution in [3.63, 3.8) is 0 Å². The molecule has 0 saturated heterocycles. The van der Waals surface area contributed by atoms with Gasteiger partial charge < -0.3 is 5.32 Å². The van der Waals surface area contributed by atoms with Gasteiger partial charge in [0.2, 0.25) is 5.28 Å². The van der Waals surface area contributed by atoms with E-state index in [9.17, 15) is 4.39 Å². The van der Waals surface area contributed by atoms with Gasteiger partial charge in [0, 0.05) is 18.3 Å². The quantitative estimate of drug-likeness (QED) is 0.870. The molecule has 19 heavy (non-hydrogen) atoms. The van der Waals surface area contributed by atoms with Crippen molar-refractivity contribution in [2.75, 3.05) is 11.9 Å². The number of halogens is 2. The van der Waals surface area contributed by atoms with Crippen LogP contribution < -0.4 is 5.32 Å². The summed E-state index contributed by atoms with van der Waals surface area (Å²) < 4.78 is 13.0. The fourth-order valence-electron chi connectivity index (χ4n) is 1.89.